The van der Waals surface area contributed by atoms with Crippen molar-refractivity contribution < 1.29 is 9.66 Å². The summed E-state index contributed by atoms with van der Waals surface area (Å²) in [5.74, 6) is 1.51. The van der Waals surface area contributed by atoms with E-state index >= 15 is 0 Å². The second-order valence-electron chi connectivity index (χ2n) is 6.42. The van der Waals surface area contributed by atoms with Crippen LogP contribution in [0.25, 0.3) is 0 Å². The van der Waals surface area contributed by atoms with Gasteiger partial charge in [-0.2, -0.15) is 0 Å². The van der Waals surface area contributed by atoms with Crippen molar-refractivity contribution >= 4 is 11.6 Å². The van der Waals surface area contributed by atoms with E-state index in [4.69, 9.17) is 4.74 Å². The van der Waals surface area contributed by atoms with Crippen LogP contribution < -0.4 is 15.4 Å². The van der Waals surface area contributed by atoms with Crippen LogP contribution in [-0.4, -0.2) is 31.1 Å². The highest BCUT2D eigenvalue weighted by Crippen LogP contribution is 2.13. The summed E-state index contributed by atoms with van der Waals surface area (Å²) in [5.41, 5.74) is 3.17. The Morgan fingerprint density at radius 1 is 1.11 bits per heavy atom. The summed E-state index contributed by atoms with van der Waals surface area (Å²) >= 11 is 0. The summed E-state index contributed by atoms with van der Waals surface area (Å²) in [6.45, 7) is 7.60. The van der Waals surface area contributed by atoms with E-state index in [0.29, 0.717) is 25.6 Å². The van der Waals surface area contributed by atoms with Crippen LogP contribution in [0.3, 0.4) is 0 Å². The van der Waals surface area contributed by atoms with Crippen LogP contribution in [0.5, 0.6) is 5.75 Å². The largest absolute Gasteiger partial charge is 0.497 e. The van der Waals surface area contributed by atoms with Gasteiger partial charge in [0, 0.05) is 25.2 Å². The van der Waals surface area contributed by atoms with E-state index in [1.54, 1.807) is 19.2 Å². The number of hydrogen-bond acceptors (Lipinski definition) is 4. The molecule has 0 unspecified atom stereocenters. The van der Waals surface area contributed by atoms with E-state index in [2.05, 4.69) is 22.2 Å². The highest BCUT2D eigenvalue weighted by atomic mass is 16.6. The summed E-state index contributed by atoms with van der Waals surface area (Å²) in [4.78, 5) is 14.9. The molecule has 148 valence electrons. The van der Waals surface area contributed by atoms with Gasteiger partial charge >= 0.3 is 0 Å². The fourth-order valence-corrected chi connectivity index (χ4v) is 2.42. The van der Waals surface area contributed by atoms with Crippen LogP contribution in [0.4, 0.5) is 5.69 Å². The molecule has 28 heavy (non-hydrogen) atoms. The van der Waals surface area contributed by atoms with E-state index in [1.807, 2.05) is 31.2 Å². The van der Waals surface area contributed by atoms with Gasteiger partial charge in [0.15, 0.2) is 5.96 Å². The van der Waals surface area contributed by atoms with Gasteiger partial charge in [0.05, 0.1) is 18.6 Å². The van der Waals surface area contributed by atoms with Crippen molar-refractivity contribution in [2.45, 2.75) is 19.9 Å². The van der Waals surface area contributed by atoms with Crippen LogP contribution in [-0.2, 0) is 13.0 Å². The van der Waals surface area contributed by atoms with E-state index in [9.17, 15) is 10.1 Å². The van der Waals surface area contributed by atoms with Gasteiger partial charge in [-0.15, -0.1) is 0 Å². The van der Waals surface area contributed by atoms with Crippen molar-refractivity contribution in [3.8, 4) is 5.75 Å². The second kappa shape index (κ2) is 10.7. The minimum Gasteiger partial charge on any atom is -0.497 e. The molecule has 2 N–H and O–H groups in total. The topological polar surface area (TPSA) is 88.8 Å². The standard InChI is InChI=1S/C21H26N4O3/c1-16(2)14-23-21(22-13-12-17-6-10-20(28-3)11-7-17)24-15-18-4-8-19(9-5-18)25(26)27/h4-11H,1,12-15H2,2-3H3,(H2,22,23,24). The van der Waals surface area contributed by atoms with Crippen LogP contribution >= 0.6 is 0 Å². The number of nitro benzene ring substituents is 1. The van der Waals surface area contributed by atoms with Gasteiger partial charge < -0.3 is 15.4 Å². The average molecular weight is 382 g/mol. The third-order valence-electron chi connectivity index (χ3n) is 3.99. The number of methoxy groups -OCH3 is 1. The van der Waals surface area contributed by atoms with Crippen molar-refractivity contribution in [2.75, 3.05) is 20.2 Å². The Balaban J connectivity index is 1.94. The Bertz CT molecular complexity index is 815. The van der Waals surface area contributed by atoms with Gasteiger partial charge in [-0.25, -0.2) is 4.99 Å². The molecule has 0 bridgehead atoms. The number of benzene rings is 2. The Morgan fingerprint density at radius 2 is 1.75 bits per heavy atom. The molecule has 0 heterocycles. The average Bonchev–Trinajstić information content (AvgIpc) is 2.70. The fraction of sp³-hybridized carbons (Fsp3) is 0.286. The molecule has 0 aromatic heterocycles. The van der Waals surface area contributed by atoms with E-state index in [0.717, 1.165) is 23.3 Å². The van der Waals surface area contributed by atoms with E-state index in [1.165, 1.54) is 17.7 Å². The highest BCUT2D eigenvalue weighted by Gasteiger charge is 2.04. The Labute approximate surface area is 165 Å². The van der Waals surface area contributed by atoms with Crippen LogP contribution in [0.2, 0.25) is 0 Å². The smallest absolute Gasteiger partial charge is 0.269 e. The van der Waals surface area contributed by atoms with Gasteiger partial charge in [-0.3, -0.25) is 10.1 Å². The zero-order valence-electron chi connectivity index (χ0n) is 16.3. The molecule has 0 saturated carbocycles. The summed E-state index contributed by atoms with van der Waals surface area (Å²) in [7, 11) is 1.65. The third kappa shape index (κ3) is 7.11. The van der Waals surface area contributed by atoms with E-state index in [-0.39, 0.29) is 5.69 Å². The molecule has 2 aromatic carbocycles. The Morgan fingerprint density at radius 3 is 2.32 bits per heavy atom. The maximum Gasteiger partial charge on any atom is 0.269 e. The monoisotopic (exact) mass is 382 g/mol. The Hall–Kier alpha value is -3.35. The molecule has 0 aliphatic rings. The molecule has 0 saturated heterocycles. The summed E-state index contributed by atoms with van der Waals surface area (Å²) in [6, 6.07) is 14.4. The lowest BCUT2D eigenvalue weighted by atomic mass is 10.1. The third-order valence-corrected chi connectivity index (χ3v) is 3.99. The van der Waals surface area contributed by atoms with Gasteiger partial charge in [0.25, 0.3) is 5.69 Å². The molecule has 7 nitrogen and oxygen atoms in total. The van der Waals surface area contributed by atoms with Crippen molar-refractivity contribution in [3.05, 3.63) is 81.9 Å². The molecule has 7 heteroatoms. The number of non-ortho nitro benzene ring substituents is 1. The van der Waals surface area contributed by atoms with E-state index < -0.39 is 4.92 Å². The quantitative estimate of drug-likeness (QED) is 0.228. The van der Waals surface area contributed by atoms with Gasteiger partial charge in [0.1, 0.15) is 5.75 Å². The fourth-order valence-electron chi connectivity index (χ4n) is 2.42. The SMILES string of the molecule is C=C(C)CNC(=NCc1ccc([N+](=O)[O-])cc1)NCCc1ccc(OC)cc1. The first-order valence-corrected chi connectivity index (χ1v) is 9.01. The summed E-state index contributed by atoms with van der Waals surface area (Å²) in [6.07, 6.45) is 0.843. The summed E-state index contributed by atoms with van der Waals surface area (Å²) < 4.78 is 5.17. The number of nitro groups is 1. The molecule has 0 aliphatic carbocycles. The van der Waals surface area contributed by atoms with Gasteiger partial charge in [-0.05, 0) is 36.6 Å². The molecule has 0 spiro atoms. The molecular weight excluding hydrogens is 356 g/mol. The van der Waals surface area contributed by atoms with Crippen LogP contribution in [0, 0.1) is 10.1 Å². The predicted molar refractivity (Wildman–Crippen MR) is 112 cm³/mol. The molecule has 2 aromatic rings. The zero-order chi connectivity index (χ0) is 20.4. The minimum atomic E-state index is -0.409. The number of rotatable bonds is 9. The van der Waals surface area contributed by atoms with Crippen molar-refractivity contribution in [1.29, 1.82) is 0 Å². The maximum absolute atomic E-state index is 10.7. The molecular formula is C21H26N4O3. The predicted octanol–water partition coefficient (Wildman–Crippen LogP) is 3.46. The molecule has 0 amide bonds. The van der Waals surface area contributed by atoms with Crippen molar-refractivity contribution in [2.24, 2.45) is 4.99 Å². The second-order valence-corrected chi connectivity index (χ2v) is 6.42. The van der Waals surface area contributed by atoms with Crippen molar-refractivity contribution in [1.82, 2.24) is 10.6 Å². The summed E-state index contributed by atoms with van der Waals surface area (Å²) in [5, 5.41) is 17.3. The number of nitrogens with one attached hydrogen (secondary N) is 2. The first-order chi connectivity index (χ1) is 13.5. The number of hydrogen-bond donors (Lipinski definition) is 2. The van der Waals surface area contributed by atoms with Crippen molar-refractivity contribution in [3.63, 3.8) is 0 Å². The lowest BCUT2D eigenvalue weighted by molar-refractivity contribution is -0.384. The normalized spacial score (nSPS) is 11.0. The Kier molecular flexibility index (Phi) is 8.02. The van der Waals surface area contributed by atoms with Crippen LogP contribution in [0.1, 0.15) is 18.1 Å². The molecule has 0 radical (unpaired) electrons. The lowest BCUT2D eigenvalue weighted by Gasteiger charge is -2.13. The molecule has 0 atom stereocenters. The first-order valence-electron chi connectivity index (χ1n) is 9.01. The zero-order valence-corrected chi connectivity index (χ0v) is 16.3. The van der Waals surface area contributed by atoms with Crippen LogP contribution in [0.15, 0.2) is 65.7 Å². The number of guanidine groups is 1. The molecule has 2 rings (SSSR count). The first kappa shape index (κ1) is 21.0. The van der Waals surface area contributed by atoms with Gasteiger partial charge in [-0.1, -0.05) is 36.4 Å². The number of aliphatic imine (C=N–C) groups is 1. The number of ether oxygens (including phenoxy) is 1. The molecule has 0 fully saturated rings. The number of nitrogens with zero attached hydrogens (tertiary/aromatic N) is 2. The maximum atomic E-state index is 10.7. The minimum absolute atomic E-state index is 0.0750. The molecule has 0 aliphatic heterocycles. The highest BCUT2D eigenvalue weighted by molar-refractivity contribution is 5.80. The van der Waals surface area contributed by atoms with Gasteiger partial charge in [0.2, 0.25) is 0 Å². The lowest BCUT2D eigenvalue weighted by Crippen LogP contribution is -2.39.